The first-order valence-corrected chi connectivity index (χ1v) is 7.91. The molecule has 0 amide bonds. The summed E-state index contributed by atoms with van der Waals surface area (Å²) in [7, 11) is 0. The Balaban J connectivity index is 1.91. The lowest BCUT2D eigenvalue weighted by Crippen LogP contribution is -2.21. The maximum Gasteiger partial charge on any atom is 0.125 e. The van der Waals surface area contributed by atoms with E-state index in [1.165, 1.54) is 37.6 Å². The maximum absolute atomic E-state index is 13.5. The van der Waals surface area contributed by atoms with Gasteiger partial charge >= 0.3 is 0 Å². The Morgan fingerprint density at radius 1 is 1.18 bits per heavy atom. The normalized spacial score (nSPS) is 15.4. The number of benzene rings is 1. The number of halogens is 1. The largest absolute Gasteiger partial charge is 0.318 e. The summed E-state index contributed by atoms with van der Waals surface area (Å²) in [4.78, 5) is 2.45. The highest BCUT2D eigenvalue weighted by atomic mass is 19.1. The average molecular weight is 298 g/mol. The minimum Gasteiger partial charge on any atom is -0.318 e. The second kappa shape index (κ2) is 6.09. The summed E-state index contributed by atoms with van der Waals surface area (Å²) in [6, 6.07) is 8.91. The molecular weight excluding hydrogens is 275 g/mol. The second-order valence-electron chi connectivity index (χ2n) is 6.19. The molecule has 1 saturated heterocycles. The standard InChI is InChI=1S/C19H23FN2/c1-14(13-21-9-4-5-10-21)19-11-15(2)22(16(19)3)18-8-6-7-17(20)12-18/h6-8,11-12H,1,4-5,9-10,13H2,2-3H3. The van der Waals surface area contributed by atoms with Gasteiger partial charge in [0.1, 0.15) is 5.82 Å². The summed E-state index contributed by atoms with van der Waals surface area (Å²) < 4.78 is 15.6. The van der Waals surface area contributed by atoms with Crippen LogP contribution in [-0.4, -0.2) is 29.1 Å². The van der Waals surface area contributed by atoms with E-state index >= 15 is 0 Å². The van der Waals surface area contributed by atoms with Gasteiger partial charge in [-0.05, 0) is 75.2 Å². The van der Waals surface area contributed by atoms with E-state index < -0.39 is 0 Å². The van der Waals surface area contributed by atoms with Crippen LogP contribution in [0.5, 0.6) is 0 Å². The average Bonchev–Trinajstić information content (AvgIpc) is 3.07. The zero-order chi connectivity index (χ0) is 15.7. The first-order chi connectivity index (χ1) is 10.6. The molecule has 3 heteroatoms. The van der Waals surface area contributed by atoms with Gasteiger partial charge in [0.05, 0.1) is 0 Å². The first-order valence-electron chi connectivity index (χ1n) is 7.91. The molecule has 116 valence electrons. The van der Waals surface area contributed by atoms with Crippen LogP contribution >= 0.6 is 0 Å². The quantitative estimate of drug-likeness (QED) is 0.815. The Bertz CT molecular complexity index is 693. The van der Waals surface area contributed by atoms with Crippen molar-refractivity contribution in [3.8, 4) is 5.69 Å². The van der Waals surface area contributed by atoms with Crippen LogP contribution in [0, 0.1) is 19.7 Å². The number of likely N-dealkylation sites (tertiary alicyclic amines) is 1. The summed E-state index contributed by atoms with van der Waals surface area (Å²) in [6.07, 6.45) is 2.57. The molecule has 0 radical (unpaired) electrons. The van der Waals surface area contributed by atoms with Gasteiger partial charge in [0.2, 0.25) is 0 Å². The topological polar surface area (TPSA) is 8.17 Å². The van der Waals surface area contributed by atoms with Crippen molar-refractivity contribution in [2.75, 3.05) is 19.6 Å². The van der Waals surface area contributed by atoms with E-state index in [1.54, 1.807) is 12.1 Å². The molecule has 0 saturated carbocycles. The Morgan fingerprint density at radius 3 is 2.59 bits per heavy atom. The fraction of sp³-hybridized carbons (Fsp3) is 0.368. The van der Waals surface area contributed by atoms with Crippen molar-refractivity contribution < 1.29 is 4.39 Å². The molecule has 0 unspecified atom stereocenters. The van der Waals surface area contributed by atoms with Crippen molar-refractivity contribution >= 4 is 5.57 Å². The minimum absolute atomic E-state index is 0.206. The Hall–Kier alpha value is -1.87. The summed E-state index contributed by atoms with van der Waals surface area (Å²) in [6.45, 7) is 11.7. The third kappa shape index (κ3) is 2.86. The van der Waals surface area contributed by atoms with Gasteiger partial charge < -0.3 is 4.57 Å². The molecule has 1 aromatic carbocycles. The van der Waals surface area contributed by atoms with Crippen LogP contribution in [0.15, 0.2) is 36.9 Å². The van der Waals surface area contributed by atoms with Crippen LogP contribution in [0.3, 0.4) is 0 Å². The zero-order valence-electron chi connectivity index (χ0n) is 13.4. The van der Waals surface area contributed by atoms with Crippen LogP contribution in [0.2, 0.25) is 0 Å². The highest BCUT2D eigenvalue weighted by molar-refractivity contribution is 5.68. The summed E-state index contributed by atoms with van der Waals surface area (Å²) in [5.41, 5.74) is 5.45. The molecule has 1 fully saturated rings. The van der Waals surface area contributed by atoms with Gasteiger partial charge in [-0.25, -0.2) is 4.39 Å². The number of hydrogen-bond donors (Lipinski definition) is 0. The lowest BCUT2D eigenvalue weighted by Gasteiger charge is -2.17. The molecule has 0 spiro atoms. The highest BCUT2D eigenvalue weighted by Gasteiger charge is 2.17. The predicted molar refractivity (Wildman–Crippen MR) is 89.9 cm³/mol. The molecule has 1 aliphatic heterocycles. The van der Waals surface area contributed by atoms with Gasteiger partial charge in [-0.1, -0.05) is 12.6 Å². The van der Waals surface area contributed by atoms with E-state index in [9.17, 15) is 4.39 Å². The van der Waals surface area contributed by atoms with Crippen molar-refractivity contribution in [1.29, 1.82) is 0 Å². The fourth-order valence-corrected chi connectivity index (χ4v) is 3.43. The van der Waals surface area contributed by atoms with E-state index in [2.05, 4.69) is 36.0 Å². The smallest absolute Gasteiger partial charge is 0.125 e. The Morgan fingerprint density at radius 2 is 1.91 bits per heavy atom. The van der Waals surface area contributed by atoms with Gasteiger partial charge in [0.25, 0.3) is 0 Å². The van der Waals surface area contributed by atoms with Crippen LogP contribution < -0.4 is 0 Å². The lowest BCUT2D eigenvalue weighted by molar-refractivity contribution is 0.383. The van der Waals surface area contributed by atoms with Crippen LogP contribution in [0.25, 0.3) is 11.3 Å². The van der Waals surface area contributed by atoms with Crippen LogP contribution in [-0.2, 0) is 0 Å². The van der Waals surface area contributed by atoms with Crippen LogP contribution in [0.4, 0.5) is 4.39 Å². The molecule has 2 heterocycles. The second-order valence-corrected chi connectivity index (χ2v) is 6.19. The maximum atomic E-state index is 13.5. The third-order valence-electron chi connectivity index (χ3n) is 4.49. The van der Waals surface area contributed by atoms with Crippen LogP contribution in [0.1, 0.15) is 29.8 Å². The minimum atomic E-state index is -0.206. The fourth-order valence-electron chi connectivity index (χ4n) is 3.43. The summed E-state index contributed by atoms with van der Waals surface area (Å²) >= 11 is 0. The number of hydrogen-bond acceptors (Lipinski definition) is 1. The molecule has 3 rings (SSSR count). The third-order valence-corrected chi connectivity index (χ3v) is 4.49. The molecular formula is C19H23FN2. The van der Waals surface area contributed by atoms with E-state index in [0.717, 1.165) is 29.2 Å². The van der Waals surface area contributed by atoms with E-state index in [0.29, 0.717) is 0 Å². The molecule has 1 aliphatic rings. The van der Waals surface area contributed by atoms with E-state index in [4.69, 9.17) is 0 Å². The molecule has 22 heavy (non-hydrogen) atoms. The van der Waals surface area contributed by atoms with Gasteiger partial charge in [-0.15, -0.1) is 0 Å². The molecule has 2 nitrogen and oxygen atoms in total. The monoisotopic (exact) mass is 298 g/mol. The van der Waals surface area contributed by atoms with E-state index in [-0.39, 0.29) is 5.82 Å². The Labute approximate surface area is 131 Å². The molecule has 0 aliphatic carbocycles. The molecule has 1 aromatic heterocycles. The number of rotatable bonds is 4. The SMILES string of the molecule is C=C(CN1CCCC1)c1cc(C)n(-c2cccc(F)c2)c1C. The number of nitrogens with zero attached hydrogens (tertiary/aromatic N) is 2. The molecule has 0 N–H and O–H groups in total. The molecule has 2 aromatic rings. The van der Waals surface area contributed by atoms with Gasteiger partial charge in [-0.2, -0.15) is 0 Å². The van der Waals surface area contributed by atoms with Crippen molar-refractivity contribution in [2.45, 2.75) is 26.7 Å². The van der Waals surface area contributed by atoms with Crippen molar-refractivity contribution in [1.82, 2.24) is 9.47 Å². The summed E-state index contributed by atoms with van der Waals surface area (Å²) in [5, 5.41) is 0. The summed E-state index contributed by atoms with van der Waals surface area (Å²) in [5.74, 6) is -0.206. The Kier molecular flexibility index (Phi) is 4.16. The first kappa shape index (κ1) is 15.0. The number of aromatic nitrogens is 1. The van der Waals surface area contributed by atoms with E-state index in [1.807, 2.05) is 6.07 Å². The molecule has 0 bridgehead atoms. The highest BCUT2D eigenvalue weighted by Crippen LogP contribution is 2.27. The van der Waals surface area contributed by atoms with Gasteiger partial charge in [-0.3, -0.25) is 4.90 Å². The van der Waals surface area contributed by atoms with Gasteiger partial charge in [0.15, 0.2) is 0 Å². The van der Waals surface area contributed by atoms with Crippen molar-refractivity contribution in [3.63, 3.8) is 0 Å². The number of aryl methyl sites for hydroxylation is 1. The predicted octanol–water partition coefficient (Wildman–Crippen LogP) is 4.34. The zero-order valence-corrected chi connectivity index (χ0v) is 13.4. The van der Waals surface area contributed by atoms with Crippen molar-refractivity contribution in [2.24, 2.45) is 0 Å². The van der Waals surface area contributed by atoms with Crippen molar-refractivity contribution in [3.05, 3.63) is 59.7 Å². The van der Waals surface area contributed by atoms with Gasteiger partial charge in [0, 0.05) is 23.6 Å². The lowest BCUT2D eigenvalue weighted by atomic mass is 10.1. The molecule has 0 atom stereocenters.